The molecule has 2 rings (SSSR count). The van der Waals surface area contributed by atoms with Gasteiger partial charge in [0.1, 0.15) is 0 Å². The summed E-state index contributed by atoms with van der Waals surface area (Å²) in [6.07, 6.45) is 0.395. The summed E-state index contributed by atoms with van der Waals surface area (Å²) in [5.41, 5.74) is 1.54. The van der Waals surface area contributed by atoms with Gasteiger partial charge in [0.2, 0.25) is 10.0 Å². The molecule has 3 N–H and O–H groups in total. The molecule has 22 heavy (non-hydrogen) atoms. The van der Waals surface area contributed by atoms with Crippen molar-refractivity contribution in [3.8, 4) is 11.5 Å². The first-order valence-corrected chi connectivity index (χ1v) is 8.42. The van der Waals surface area contributed by atoms with Crippen LogP contribution in [0.1, 0.15) is 11.1 Å². The van der Waals surface area contributed by atoms with Crippen LogP contribution in [0.15, 0.2) is 41.3 Å². The molecule has 5 nitrogen and oxygen atoms in total. The van der Waals surface area contributed by atoms with Crippen LogP contribution >= 0.6 is 11.6 Å². The quantitative estimate of drug-likeness (QED) is 0.729. The predicted molar refractivity (Wildman–Crippen MR) is 84.9 cm³/mol. The summed E-state index contributed by atoms with van der Waals surface area (Å²) in [4.78, 5) is 0.141. The molecule has 0 spiro atoms. The van der Waals surface area contributed by atoms with Crippen molar-refractivity contribution < 1.29 is 18.6 Å². The number of phenols is 2. The van der Waals surface area contributed by atoms with Gasteiger partial charge in [0.05, 0.1) is 4.90 Å². The van der Waals surface area contributed by atoms with E-state index in [-0.39, 0.29) is 22.9 Å². The van der Waals surface area contributed by atoms with Crippen LogP contribution in [-0.2, 0) is 16.4 Å². The summed E-state index contributed by atoms with van der Waals surface area (Å²) < 4.78 is 26.7. The lowest BCUT2D eigenvalue weighted by Gasteiger charge is -2.10. The smallest absolute Gasteiger partial charge is 0.240 e. The third-order valence-electron chi connectivity index (χ3n) is 3.24. The number of sulfonamides is 1. The zero-order valence-corrected chi connectivity index (χ0v) is 13.4. The van der Waals surface area contributed by atoms with Gasteiger partial charge in [0.15, 0.2) is 11.5 Å². The molecule has 0 aliphatic rings. The highest BCUT2D eigenvalue weighted by molar-refractivity contribution is 7.89. The maximum Gasteiger partial charge on any atom is 0.240 e. The molecule has 0 amide bonds. The van der Waals surface area contributed by atoms with Crippen molar-refractivity contribution in [2.24, 2.45) is 0 Å². The molecular weight excluding hydrogens is 326 g/mol. The minimum absolute atomic E-state index is 0.141. The van der Waals surface area contributed by atoms with Gasteiger partial charge in [-0.25, -0.2) is 13.1 Å². The van der Waals surface area contributed by atoms with Crippen molar-refractivity contribution in [2.75, 3.05) is 6.54 Å². The first-order chi connectivity index (χ1) is 10.3. The van der Waals surface area contributed by atoms with E-state index >= 15 is 0 Å². The summed E-state index contributed by atoms with van der Waals surface area (Å²) in [5.74, 6) is -0.413. The molecule has 0 aliphatic carbocycles. The summed E-state index contributed by atoms with van der Waals surface area (Å²) >= 11 is 5.73. The van der Waals surface area contributed by atoms with Crippen molar-refractivity contribution in [1.29, 1.82) is 0 Å². The number of aromatic hydroxyl groups is 2. The lowest BCUT2D eigenvalue weighted by atomic mass is 10.1. The number of phenolic OH excluding ortho intramolecular Hbond substituents is 2. The number of halogens is 1. The molecule has 0 saturated carbocycles. The molecule has 0 fully saturated rings. The number of aryl methyl sites for hydroxylation is 1. The molecule has 2 aromatic carbocycles. The second-order valence-corrected chi connectivity index (χ2v) is 7.07. The van der Waals surface area contributed by atoms with Crippen LogP contribution in [0, 0.1) is 6.92 Å². The van der Waals surface area contributed by atoms with Crippen LogP contribution in [0.4, 0.5) is 0 Å². The van der Waals surface area contributed by atoms with Gasteiger partial charge in [-0.15, -0.1) is 0 Å². The molecule has 0 saturated heterocycles. The van der Waals surface area contributed by atoms with Crippen molar-refractivity contribution in [3.63, 3.8) is 0 Å². The largest absolute Gasteiger partial charge is 0.504 e. The fourth-order valence-corrected chi connectivity index (χ4v) is 3.17. The van der Waals surface area contributed by atoms with Crippen LogP contribution in [0.3, 0.4) is 0 Å². The molecule has 0 atom stereocenters. The van der Waals surface area contributed by atoms with Crippen LogP contribution in [-0.4, -0.2) is 25.2 Å². The van der Waals surface area contributed by atoms with Gasteiger partial charge in [0.25, 0.3) is 0 Å². The van der Waals surface area contributed by atoms with E-state index in [1.165, 1.54) is 36.4 Å². The van der Waals surface area contributed by atoms with Crippen molar-refractivity contribution in [3.05, 3.63) is 52.5 Å². The van der Waals surface area contributed by atoms with E-state index in [1.807, 2.05) is 0 Å². The van der Waals surface area contributed by atoms with Gasteiger partial charge in [-0.1, -0.05) is 11.6 Å². The predicted octanol–water partition coefficient (Wildman–Crippen LogP) is 2.58. The molecule has 7 heteroatoms. The molecule has 2 aromatic rings. The summed E-state index contributed by atoms with van der Waals surface area (Å²) in [6.45, 7) is 1.96. The van der Waals surface area contributed by atoms with Gasteiger partial charge >= 0.3 is 0 Å². The Morgan fingerprint density at radius 1 is 1.09 bits per heavy atom. The van der Waals surface area contributed by atoms with Gasteiger partial charge in [-0.05, 0) is 60.9 Å². The Hall–Kier alpha value is -1.76. The first-order valence-electron chi connectivity index (χ1n) is 6.56. The SMILES string of the molecule is Cc1cc(O)c(O)cc1CCNS(=O)(=O)c1ccc(Cl)cc1. The highest BCUT2D eigenvalue weighted by Gasteiger charge is 2.13. The number of hydrogen-bond acceptors (Lipinski definition) is 4. The molecule has 0 unspecified atom stereocenters. The zero-order chi connectivity index (χ0) is 16.3. The minimum atomic E-state index is -3.60. The maximum absolute atomic E-state index is 12.1. The summed E-state index contributed by atoms with van der Waals surface area (Å²) in [5, 5.41) is 19.3. The Kier molecular flexibility index (Phi) is 4.95. The average molecular weight is 342 g/mol. The van der Waals surface area contributed by atoms with E-state index < -0.39 is 10.0 Å². The van der Waals surface area contributed by atoms with E-state index in [2.05, 4.69) is 4.72 Å². The molecule has 0 radical (unpaired) electrons. The standard InChI is InChI=1S/C15H16ClNO4S/c1-10-8-14(18)15(19)9-11(10)6-7-17-22(20,21)13-4-2-12(16)3-5-13/h2-5,8-9,17-19H,6-7H2,1H3. The van der Waals surface area contributed by atoms with Gasteiger partial charge in [0, 0.05) is 11.6 Å². The third kappa shape index (κ3) is 3.91. The van der Waals surface area contributed by atoms with E-state index in [0.29, 0.717) is 11.4 Å². The van der Waals surface area contributed by atoms with Crippen molar-refractivity contribution >= 4 is 21.6 Å². The first kappa shape index (κ1) is 16.6. The Labute approximate surface area is 134 Å². The lowest BCUT2D eigenvalue weighted by molar-refractivity contribution is 0.402. The normalized spacial score (nSPS) is 11.5. The second kappa shape index (κ2) is 6.56. The Morgan fingerprint density at radius 2 is 1.68 bits per heavy atom. The van der Waals surface area contributed by atoms with Crippen LogP contribution in [0.2, 0.25) is 5.02 Å². The van der Waals surface area contributed by atoms with Crippen molar-refractivity contribution in [2.45, 2.75) is 18.2 Å². The number of rotatable bonds is 5. The maximum atomic E-state index is 12.1. The minimum Gasteiger partial charge on any atom is -0.504 e. The van der Waals surface area contributed by atoms with E-state index in [0.717, 1.165) is 11.1 Å². The van der Waals surface area contributed by atoms with Crippen LogP contribution < -0.4 is 4.72 Å². The summed E-state index contributed by atoms with van der Waals surface area (Å²) in [7, 11) is -3.60. The molecule has 0 bridgehead atoms. The average Bonchev–Trinajstić information content (AvgIpc) is 2.44. The second-order valence-electron chi connectivity index (χ2n) is 4.87. The Morgan fingerprint density at radius 3 is 2.32 bits per heavy atom. The van der Waals surface area contributed by atoms with Gasteiger partial charge in [-0.3, -0.25) is 0 Å². The lowest BCUT2D eigenvalue weighted by Crippen LogP contribution is -2.26. The van der Waals surface area contributed by atoms with E-state index in [1.54, 1.807) is 6.92 Å². The van der Waals surface area contributed by atoms with Gasteiger partial charge < -0.3 is 10.2 Å². The van der Waals surface area contributed by atoms with E-state index in [9.17, 15) is 18.6 Å². The van der Waals surface area contributed by atoms with Crippen molar-refractivity contribution in [1.82, 2.24) is 4.72 Å². The molecule has 0 aromatic heterocycles. The Balaban J connectivity index is 2.04. The summed E-state index contributed by atoms with van der Waals surface area (Å²) in [6, 6.07) is 8.76. The fraction of sp³-hybridized carbons (Fsp3) is 0.200. The molecule has 118 valence electrons. The molecular formula is C15H16ClNO4S. The highest BCUT2D eigenvalue weighted by Crippen LogP contribution is 2.28. The fourth-order valence-electron chi connectivity index (χ4n) is 2.01. The molecule has 0 aliphatic heterocycles. The van der Waals surface area contributed by atoms with Gasteiger partial charge in [-0.2, -0.15) is 0 Å². The monoisotopic (exact) mass is 341 g/mol. The van der Waals surface area contributed by atoms with Crippen LogP contribution in [0.25, 0.3) is 0 Å². The molecule has 0 heterocycles. The zero-order valence-electron chi connectivity index (χ0n) is 11.9. The number of hydrogen-bond donors (Lipinski definition) is 3. The number of nitrogens with one attached hydrogen (secondary N) is 1. The Bertz CT molecular complexity index is 773. The van der Waals surface area contributed by atoms with Crippen LogP contribution in [0.5, 0.6) is 11.5 Å². The topological polar surface area (TPSA) is 86.6 Å². The number of benzene rings is 2. The van der Waals surface area contributed by atoms with E-state index in [4.69, 9.17) is 11.6 Å². The third-order valence-corrected chi connectivity index (χ3v) is 4.97. The highest BCUT2D eigenvalue weighted by atomic mass is 35.5.